The van der Waals surface area contributed by atoms with Crippen molar-refractivity contribution in [1.29, 1.82) is 0 Å². The van der Waals surface area contributed by atoms with E-state index in [4.69, 9.17) is 0 Å². The van der Waals surface area contributed by atoms with Gasteiger partial charge in [-0.15, -0.1) is 0 Å². The molecule has 0 spiro atoms. The first-order chi connectivity index (χ1) is 10.4. The van der Waals surface area contributed by atoms with E-state index in [0.29, 0.717) is 0 Å². The fourth-order valence-corrected chi connectivity index (χ4v) is 3.85. The molecule has 2 fully saturated rings. The van der Waals surface area contributed by atoms with E-state index in [1.807, 2.05) is 0 Å². The molecule has 0 unspecified atom stereocenters. The lowest BCUT2D eigenvalue weighted by Gasteiger charge is -2.26. The Balaban J connectivity index is 1.36. The zero-order valence-corrected chi connectivity index (χ0v) is 13.3. The zero-order chi connectivity index (χ0) is 14.3. The Morgan fingerprint density at radius 1 is 0.905 bits per heavy atom. The minimum Gasteiger partial charge on any atom is -0.385 e. The summed E-state index contributed by atoms with van der Waals surface area (Å²) < 4.78 is 0. The third-order valence-electron chi connectivity index (χ3n) is 5.17. The Hall–Kier alpha value is -1.02. The molecule has 1 saturated carbocycles. The molecule has 0 atom stereocenters. The van der Waals surface area contributed by atoms with E-state index in [0.717, 1.165) is 12.5 Å². The summed E-state index contributed by atoms with van der Waals surface area (Å²) in [6, 6.07) is 9.22. The van der Waals surface area contributed by atoms with Gasteiger partial charge in [-0.25, -0.2) is 0 Å². The number of likely N-dealkylation sites (tertiary alicyclic amines) is 1. The molecular formula is C19H30N2. The first-order valence-corrected chi connectivity index (χ1v) is 8.98. The number of hydrogen-bond acceptors (Lipinski definition) is 2. The first kappa shape index (κ1) is 14.9. The molecule has 1 heterocycles. The third kappa shape index (κ3) is 4.47. The summed E-state index contributed by atoms with van der Waals surface area (Å²) in [4.78, 5) is 2.62. The highest BCUT2D eigenvalue weighted by Gasteiger charge is 2.16. The molecule has 0 radical (unpaired) electrons. The number of rotatable bonds is 6. The van der Waals surface area contributed by atoms with Crippen molar-refractivity contribution in [3.8, 4) is 0 Å². The van der Waals surface area contributed by atoms with Crippen LogP contribution in [-0.2, 0) is 0 Å². The van der Waals surface area contributed by atoms with Crippen LogP contribution in [0.25, 0.3) is 0 Å². The van der Waals surface area contributed by atoms with Gasteiger partial charge in [-0.3, -0.25) is 0 Å². The maximum Gasteiger partial charge on any atom is 0.0340 e. The average molecular weight is 286 g/mol. The molecule has 2 aliphatic rings. The summed E-state index contributed by atoms with van der Waals surface area (Å²) in [7, 11) is 0. The van der Waals surface area contributed by atoms with Gasteiger partial charge >= 0.3 is 0 Å². The molecule has 1 aromatic rings. The van der Waals surface area contributed by atoms with Crippen molar-refractivity contribution in [2.75, 3.05) is 31.5 Å². The fraction of sp³-hybridized carbons (Fsp3) is 0.684. The Labute approximate surface area is 129 Å². The van der Waals surface area contributed by atoms with Crippen LogP contribution >= 0.6 is 0 Å². The molecule has 1 saturated heterocycles. The summed E-state index contributed by atoms with van der Waals surface area (Å²) in [6.45, 7) is 4.98. The van der Waals surface area contributed by atoms with Crippen molar-refractivity contribution < 1.29 is 0 Å². The maximum absolute atomic E-state index is 3.58. The quantitative estimate of drug-likeness (QED) is 0.767. The van der Waals surface area contributed by atoms with Gasteiger partial charge < -0.3 is 10.2 Å². The van der Waals surface area contributed by atoms with Crippen molar-refractivity contribution in [3.05, 3.63) is 29.8 Å². The van der Waals surface area contributed by atoms with Gasteiger partial charge in [0, 0.05) is 12.2 Å². The van der Waals surface area contributed by atoms with Crippen LogP contribution in [0.5, 0.6) is 0 Å². The Morgan fingerprint density at radius 2 is 1.62 bits per heavy atom. The van der Waals surface area contributed by atoms with Crippen LogP contribution in [0.2, 0.25) is 0 Å². The van der Waals surface area contributed by atoms with E-state index in [-0.39, 0.29) is 0 Å². The van der Waals surface area contributed by atoms with Gasteiger partial charge in [0.25, 0.3) is 0 Å². The maximum atomic E-state index is 3.58. The van der Waals surface area contributed by atoms with Gasteiger partial charge in [0.05, 0.1) is 0 Å². The average Bonchev–Trinajstić information content (AvgIpc) is 3.08. The molecule has 116 valence electrons. The van der Waals surface area contributed by atoms with Gasteiger partial charge in [0.15, 0.2) is 0 Å². The van der Waals surface area contributed by atoms with Gasteiger partial charge in [-0.2, -0.15) is 0 Å². The second-order valence-corrected chi connectivity index (χ2v) is 6.79. The van der Waals surface area contributed by atoms with Crippen molar-refractivity contribution in [3.63, 3.8) is 0 Å². The van der Waals surface area contributed by atoms with Gasteiger partial charge in [0.2, 0.25) is 0 Å². The Morgan fingerprint density at radius 3 is 2.33 bits per heavy atom. The molecule has 1 N–H and O–H groups in total. The lowest BCUT2D eigenvalue weighted by Crippen LogP contribution is -2.31. The lowest BCUT2D eigenvalue weighted by molar-refractivity contribution is 0.228. The minimum atomic E-state index is 0.832. The second-order valence-electron chi connectivity index (χ2n) is 6.79. The highest BCUT2D eigenvalue weighted by molar-refractivity contribution is 5.45. The normalized spacial score (nSPS) is 20.8. The van der Waals surface area contributed by atoms with Crippen LogP contribution in [0.1, 0.15) is 62.8 Å². The lowest BCUT2D eigenvalue weighted by atomic mass is 9.98. The monoisotopic (exact) mass is 286 g/mol. The molecule has 2 nitrogen and oxygen atoms in total. The van der Waals surface area contributed by atoms with Crippen LogP contribution < -0.4 is 5.32 Å². The number of anilines is 1. The number of hydrogen-bond donors (Lipinski definition) is 1. The van der Waals surface area contributed by atoms with Gasteiger partial charge in [-0.1, -0.05) is 31.4 Å². The molecule has 0 bridgehead atoms. The third-order valence-corrected chi connectivity index (χ3v) is 5.17. The van der Waals surface area contributed by atoms with Crippen LogP contribution in [-0.4, -0.2) is 31.1 Å². The van der Waals surface area contributed by atoms with Crippen LogP contribution in [0, 0.1) is 0 Å². The van der Waals surface area contributed by atoms with E-state index in [1.165, 1.54) is 76.7 Å². The number of nitrogens with zero attached hydrogens (tertiary/aromatic N) is 1. The molecule has 2 heteroatoms. The molecular weight excluding hydrogens is 256 g/mol. The predicted octanol–water partition coefficient (Wildman–Crippen LogP) is 4.63. The highest BCUT2D eigenvalue weighted by atomic mass is 15.1. The minimum absolute atomic E-state index is 0.832. The topological polar surface area (TPSA) is 15.3 Å². The number of nitrogens with one attached hydrogen (secondary N) is 1. The molecule has 0 aromatic heterocycles. The predicted molar refractivity (Wildman–Crippen MR) is 91.0 cm³/mol. The van der Waals surface area contributed by atoms with Crippen molar-refractivity contribution in [1.82, 2.24) is 4.90 Å². The summed E-state index contributed by atoms with van der Waals surface area (Å²) in [5, 5.41) is 3.58. The summed E-state index contributed by atoms with van der Waals surface area (Å²) >= 11 is 0. The Bertz CT molecular complexity index is 400. The molecule has 1 aliphatic heterocycles. The standard InChI is InChI=1S/C19H30N2/c1-4-14-21(15-5-1)16-6-13-20-19-11-9-18(10-12-19)17-7-2-3-8-17/h9-12,17,20H,1-8,13-16H2. The summed E-state index contributed by atoms with van der Waals surface area (Å²) in [5.74, 6) is 0.832. The van der Waals surface area contributed by atoms with E-state index in [9.17, 15) is 0 Å². The molecule has 1 aromatic carbocycles. The summed E-state index contributed by atoms with van der Waals surface area (Å²) in [5.41, 5.74) is 2.83. The number of piperidine rings is 1. The van der Waals surface area contributed by atoms with Crippen LogP contribution in [0.3, 0.4) is 0 Å². The van der Waals surface area contributed by atoms with Crippen LogP contribution in [0.4, 0.5) is 5.69 Å². The van der Waals surface area contributed by atoms with Gasteiger partial charge in [-0.05, 0) is 75.4 Å². The van der Waals surface area contributed by atoms with Crippen molar-refractivity contribution >= 4 is 5.69 Å². The first-order valence-electron chi connectivity index (χ1n) is 8.98. The largest absolute Gasteiger partial charge is 0.385 e. The van der Waals surface area contributed by atoms with Gasteiger partial charge in [0.1, 0.15) is 0 Å². The van der Waals surface area contributed by atoms with Crippen molar-refractivity contribution in [2.24, 2.45) is 0 Å². The van der Waals surface area contributed by atoms with E-state index < -0.39 is 0 Å². The second kappa shape index (κ2) is 7.84. The summed E-state index contributed by atoms with van der Waals surface area (Å²) in [6.07, 6.45) is 11.1. The van der Waals surface area contributed by atoms with E-state index in [1.54, 1.807) is 5.56 Å². The van der Waals surface area contributed by atoms with Crippen LogP contribution in [0.15, 0.2) is 24.3 Å². The van der Waals surface area contributed by atoms with E-state index >= 15 is 0 Å². The van der Waals surface area contributed by atoms with E-state index in [2.05, 4.69) is 34.5 Å². The SMILES string of the molecule is c1cc(C2CCCC2)ccc1NCCCN1CCCCC1. The zero-order valence-electron chi connectivity index (χ0n) is 13.3. The highest BCUT2D eigenvalue weighted by Crippen LogP contribution is 2.34. The Kier molecular flexibility index (Phi) is 5.56. The molecule has 1 aliphatic carbocycles. The number of benzene rings is 1. The molecule has 0 amide bonds. The molecule has 3 rings (SSSR count). The van der Waals surface area contributed by atoms with Crippen molar-refractivity contribution in [2.45, 2.75) is 57.3 Å². The molecule has 21 heavy (non-hydrogen) atoms. The fourth-order valence-electron chi connectivity index (χ4n) is 3.85. The smallest absolute Gasteiger partial charge is 0.0340 e.